The molecule has 0 amide bonds. The van der Waals surface area contributed by atoms with Gasteiger partial charge in [0.25, 0.3) is 0 Å². The molecule has 1 saturated heterocycles. The second kappa shape index (κ2) is 5.29. The molecule has 2 fully saturated rings. The van der Waals surface area contributed by atoms with Crippen molar-refractivity contribution in [3.63, 3.8) is 0 Å². The molecule has 3 heteroatoms. The Kier molecular flexibility index (Phi) is 3.70. The highest BCUT2D eigenvalue weighted by atomic mass is 16.8. The number of hydrogen-bond donors (Lipinski definition) is 0. The van der Waals surface area contributed by atoms with Gasteiger partial charge in [-0.1, -0.05) is 38.5 Å². The summed E-state index contributed by atoms with van der Waals surface area (Å²) in [7, 11) is 0. The zero-order valence-corrected chi connectivity index (χ0v) is 16.5. The van der Waals surface area contributed by atoms with Crippen molar-refractivity contribution in [3.8, 4) is 0 Å². The van der Waals surface area contributed by atoms with E-state index >= 15 is 0 Å². The summed E-state index contributed by atoms with van der Waals surface area (Å²) in [6.45, 7) is 13.0. The maximum absolute atomic E-state index is 13.7. The molecule has 3 nitrogen and oxygen atoms in total. The molecule has 1 aliphatic heterocycles. The van der Waals surface area contributed by atoms with Crippen LogP contribution in [0.1, 0.15) is 67.2 Å². The van der Waals surface area contributed by atoms with Crippen LogP contribution in [0.25, 0.3) is 0 Å². The Balaban J connectivity index is 1.94. The number of Topliss-reactive ketones (excluding diaryl/α,β-unsaturated/α-hetero) is 1. The molecule has 0 unspecified atom stereocenters. The summed E-state index contributed by atoms with van der Waals surface area (Å²) < 4.78 is 13.0. The number of fused-ring (bicyclic) bond motifs is 6. The van der Waals surface area contributed by atoms with Gasteiger partial charge in [-0.3, -0.25) is 4.79 Å². The van der Waals surface area contributed by atoms with Crippen molar-refractivity contribution < 1.29 is 14.3 Å². The number of rotatable bonds is 0. The van der Waals surface area contributed by atoms with Gasteiger partial charge in [-0.15, -0.1) is 0 Å². The summed E-state index contributed by atoms with van der Waals surface area (Å²) in [5.74, 6) is -0.0241. The first-order valence-corrected chi connectivity index (χ1v) is 9.82. The van der Waals surface area contributed by atoms with Crippen LogP contribution in [0.4, 0.5) is 0 Å². The minimum absolute atomic E-state index is 0.0340. The maximum Gasteiger partial charge on any atom is 0.164 e. The third-order valence-corrected chi connectivity index (χ3v) is 7.44. The molecule has 0 aromatic rings. The SMILES string of the molecule is CC1=C2[C@H]3OC(C)(C)O[C@@H]3[C@]3(C)CC=CC[C@H]3C(=O)[C@H](CC1)C2(C)C. The van der Waals surface area contributed by atoms with Crippen LogP contribution in [0, 0.1) is 22.7 Å². The van der Waals surface area contributed by atoms with Crippen LogP contribution in [-0.4, -0.2) is 23.8 Å². The van der Waals surface area contributed by atoms with Crippen LogP contribution in [0.3, 0.4) is 0 Å². The molecule has 3 aliphatic carbocycles. The number of ether oxygens (including phenoxy) is 2. The maximum atomic E-state index is 13.7. The number of allylic oxidation sites excluding steroid dienone is 3. The monoisotopic (exact) mass is 344 g/mol. The first-order chi connectivity index (χ1) is 11.6. The Bertz CT molecular complexity index is 669. The Morgan fingerprint density at radius 3 is 2.48 bits per heavy atom. The molecular formula is C22H32O3. The highest BCUT2D eigenvalue weighted by Gasteiger charge is 2.62. The zero-order valence-electron chi connectivity index (χ0n) is 16.5. The van der Waals surface area contributed by atoms with Crippen molar-refractivity contribution in [2.45, 2.75) is 85.2 Å². The molecule has 5 atom stereocenters. The van der Waals surface area contributed by atoms with Crippen molar-refractivity contribution in [2.24, 2.45) is 22.7 Å². The number of hydrogen-bond acceptors (Lipinski definition) is 3. The van der Waals surface area contributed by atoms with Gasteiger partial charge in [0.2, 0.25) is 0 Å². The van der Waals surface area contributed by atoms with Crippen LogP contribution >= 0.6 is 0 Å². The highest BCUT2D eigenvalue weighted by molar-refractivity contribution is 5.86. The van der Waals surface area contributed by atoms with E-state index in [4.69, 9.17) is 9.47 Å². The van der Waals surface area contributed by atoms with Gasteiger partial charge in [0, 0.05) is 17.3 Å². The van der Waals surface area contributed by atoms with Gasteiger partial charge >= 0.3 is 0 Å². The molecule has 1 heterocycles. The summed E-state index contributed by atoms with van der Waals surface area (Å²) in [5, 5.41) is 0. The second-order valence-corrected chi connectivity index (χ2v) is 9.86. The second-order valence-electron chi connectivity index (χ2n) is 9.86. The molecular weight excluding hydrogens is 312 g/mol. The summed E-state index contributed by atoms with van der Waals surface area (Å²) in [6, 6.07) is 0. The third-order valence-electron chi connectivity index (χ3n) is 7.44. The molecule has 0 radical (unpaired) electrons. The van der Waals surface area contributed by atoms with Gasteiger partial charge in [0.15, 0.2) is 5.79 Å². The molecule has 4 rings (SSSR count). The zero-order chi connectivity index (χ0) is 18.2. The van der Waals surface area contributed by atoms with Crippen LogP contribution in [0.15, 0.2) is 23.3 Å². The number of carbonyl (C=O) groups is 1. The lowest BCUT2D eigenvalue weighted by molar-refractivity contribution is -0.164. The average Bonchev–Trinajstić information content (AvgIpc) is 2.82. The van der Waals surface area contributed by atoms with E-state index in [9.17, 15) is 4.79 Å². The van der Waals surface area contributed by atoms with Gasteiger partial charge in [-0.2, -0.15) is 0 Å². The van der Waals surface area contributed by atoms with Crippen LogP contribution in [0.5, 0.6) is 0 Å². The summed E-state index contributed by atoms with van der Waals surface area (Å²) in [4.78, 5) is 13.7. The average molecular weight is 344 g/mol. The van der Waals surface area contributed by atoms with E-state index < -0.39 is 5.79 Å². The van der Waals surface area contributed by atoms with Crippen LogP contribution in [0.2, 0.25) is 0 Å². The van der Waals surface area contributed by atoms with Crippen molar-refractivity contribution >= 4 is 5.78 Å². The van der Waals surface area contributed by atoms with E-state index in [2.05, 4.69) is 39.8 Å². The fourth-order valence-corrected chi connectivity index (χ4v) is 6.13. The third kappa shape index (κ3) is 2.35. The molecule has 25 heavy (non-hydrogen) atoms. The fourth-order valence-electron chi connectivity index (χ4n) is 6.13. The molecule has 4 aliphatic rings. The smallest absolute Gasteiger partial charge is 0.164 e. The van der Waals surface area contributed by atoms with E-state index in [0.29, 0.717) is 5.78 Å². The van der Waals surface area contributed by atoms with Crippen LogP contribution < -0.4 is 0 Å². The molecule has 0 aromatic heterocycles. The van der Waals surface area contributed by atoms with Gasteiger partial charge in [0.05, 0.1) is 6.10 Å². The number of carbonyl (C=O) groups excluding carboxylic acids is 1. The van der Waals surface area contributed by atoms with E-state index in [1.807, 2.05) is 13.8 Å². The summed E-state index contributed by atoms with van der Waals surface area (Å²) in [6.07, 6.45) is 8.03. The fraction of sp³-hybridized carbons (Fsp3) is 0.773. The predicted molar refractivity (Wildman–Crippen MR) is 98.0 cm³/mol. The first-order valence-electron chi connectivity index (χ1n) is 9.82. The summed E-state index contributed by atoms with van der Waals surface area (Å²) >= 11 is 0. The van der Waals surface area contributed by atoms with Gasteiger partial charge in [0.1, 0.15) is 11.9 Å². The van der Waals surface area contributed by atoms with Gasteiger partial charge in [-0.05, 0) is 57.4 Å². The minimum Gasteiger partial charge on any atom is -0.344 e. The Labute approximate surface area is 151 Å². The van der Waals surface area contributed by atoms with E-state index in [1.165, 1.54) is 11.1 Å². The predicted octanol–water partition coefficient (Wildman–Crippen LogP) is 4.81. The first kappa shape index (κ1) is 17.5. The van der Waals surface area contributed by atoms with Crippen LogP contribution in [-0.2, 0) is 14.3 Å². The van der Waals surface area contributed by atoms with Gasteiger partial charge < -0.3 is 9.47 Å². The molecule has 0 aromatic carbocycles. The number of ketones is 1. The molecule has 138 valence electrons. The highest BCUT2D eigenvalue weighted by Crippen LogP contribution is 2.59. The minimum atomic E-state index is -0.603. The normalized spacial score (nSPS) is 44.8. The largest absolute Gasteiger partial charge is 0.344 e. The standard InChI is InChI=1S/C22H32O3/c1-13-10-11-14-17(23)15-9-7-8-12-22(15,6)19-18(16(13)20(14,2)3)24-21(4,5)25-19/h7-8,14-15,18-19H,9-12H2,1-6H3/t14-,15-,18+,19-,22+/m0/s1. The van der Waals surface area contributed by atoms with E-state index in [1.54, 1.807) is 0 Å². The Morgan fingerprint density at radius 1 is 1.04 bits per heavy atom. The Hall–Kier alpha value is -0.930. The quantitative estimate of drug-likeness (QED) is 0.591. The molecule has 2 bridgehead atoms. The van der Waals surface area contributed by atoms with E-state index in [-0.39, 0.29) is 34.9 Å². The van der Waals surface area contributed by atoms with Crippen molar-refractivity contribution in [1.29, 1.82) is 0 Å². The van der Waals surface area contributed by atoms with E-state index in [0.717, 1.165) is 25.7 Å². The summed E-state index contributed by atoms with van der Waals surface area (Å²) in [5.41, 5.74) is 2.39. The lowest BCUT2D eigenvalue weighted by Crippen LogP contribution is -2.56. The lowest BCUT2D eigenvalue weighted by Gasteiger charge is -2.53. The van der Waals surface area contributed by atoms with Crippen molar-refractivity contribution in [2.75, 3.05) is 0 Å². The van der Waals surface area contributed by atoms with Gasteiger partial charge in [-0.25, -0.2) is 0 Å². The van der Waals surface area contributed by atoms with Crippen molar-refractivity contribution in [3.05, 3.63) is 23.3 Å². The lowest BCUT2D eigenvalue weighted by atomic mass is 9.52. The molecule has 0 spiro atoms. The Morgan fingerprint density at radius 2 is 1.76 bits per heavy atom. The molecule has 0 N–H and O–H groups in total. The van der Waals surface area contributed by atoms with Crippen molar-refractivity contribution in [1.82, 2.24) is 0 Å². The molecule has 1 saturated carbocycles. The topological polar surface area (TPSA) is 35.5 Å².